The minimum atomic E-state index is -0.437. The highest BCUT2D eigenvalue weighted by molar-refractivity contribution is 5.75. The summed E-state index contributed by atoms with van der Waals surface area (Å²) in [4.78, 5) is 23.7. The molecule has 7 heteroatoms. The molecule has 0 saturated carbocycles. The van der Waals surface area contributed by atoms with Crippen molar-refractivity contribution in [3.05, 3.63) is 58.6 Å². The normalized spacial score (nSPS) is 11.1. The Labute approximate surface area is 129 Å². The fraction of sp³-hybridized carbons (Fsp3) is 0.125. The predicted molar refractivity (Wildman–Crippen MR) is 82.8 cm³/mol. The van der Waals surface area contributed by atoms with Crippen molar-refractivity contribution in [3.63, 3.8) is 0 Å². The number of nitrogens with zero attached hydrogens (tertiary/aromatic N) is 4. The van der Waals surface area contributed by atoms with Crippen LogP contribution in [0, 0.1) is 11.3 Å². The zero-order valence-corrected chi connectivity index (χ0v) is 12.0. The van der Waals surface area contributed by atoms with Gasteiger partial charge < -0.3 is 9.40 Å². The highest BCUT2D eigenvalue weighted by Gasteiger charge is 2.11. The quantitative estimate of drug-likeness (QED) is 0.623. The SMILES string of the molecule is N#Cc1ccc2c(c1)oc(=O)n2CCc1nc2ccncc2[nH]1. The van der Waals surface area contributed by atoms with Gasteiger partial charge in [-0.25, -0.2) is 9.78 Å². The number of imidazole rings is 1. The van der Waals surface area contributed by atoms with Crippen molar-refractivity contribution < 1.29 is 4.42 Å². The number of aromatic amines is 1. The molecule has 0 amide bonds. The van der Waals surface area contributed by atoms with E-state index >= 15 is 0 Å². The lowest BCUT2D eigenvalue weighted by molar-refractivity contribution is 0.503. The van der Waals surface area contributed by atoms with Crippen molar-refractivity contribution in [2.75, 3.05) is 0 Å². The maximum atomic E-state index is 12.0. The van der Waals surface area contributed by atoms with Crippen molar-refractivity contribution in [1.82, 2.24) is 19.5 Å². The van der Waals surface area contributed by atoms with E-state index in [0.29, 0.717) is 29.6 Å². The number of fused-ring (bicyclic) bond motifs is 2. The Hall–Kier alpha value is -3.40. The average Bonchev–Trinajstić information content (AvgIpc) is 3.11. The molecule has 4 aromatic rings. The second kappa shape index (κ2) is 5.10. The van der Waals surface area contributed by atoms with Gasteiger partial charge in [0.05, 0.1) is 34.4 Å². The van der Waals surface area contributed by atoms with Crippen LogP contribution in [-0.2, 0) is 13.0 Å². The van der Waals surface area contributed by atoms with Gasteiger partial charge in [-0.3, -0.25) is 9.55 Å². The van der Waals surface area contributed by atoms with Crippen LogP contribution < -0.4 is 5.76 Å². The number of hydrogen-bond acceptors (Lipinski definition) is 5. The van der Waals surface area contributed by atoms with E-state index in [0.717, 1.165) is 16.9 Å². The van der Waals surface area contributed by atoms with Gasteiger partial charge >= 0.3 is 5.76 Å². The molecule has 0 atom stereocenters. The molecule has 0 bridgehead atoms. The molecule has 112 valence electrons. The number of hydrogen-bond donors (Lipinski definition) is 1. The van der Waals surface area contributed by atoms with Crippen LogP contribution in [0.25, 0.3) is 22.1 Å². The van der Waals surface area contributed by atoms with Gasteiger partial charge in [0, 0.05) is 25.2 Å². The molecule has 1 N–H and O–H groups in total. The van der Waals surface area contributed by atoms with Gasteiger partial charge in [-0.15, -0.1) is 0 Å². The van der Waals surface area contributed by atoms with Crippen LogP contribution in [0.4, 0.5) is 0 Å². The molecular formula is C16H11N5O2. The molecule has 1 aromatic carbocycles. The van der Waals surface area contributed by atoms with E-state index in [2.05, 4.69) is 15.0 Å². The van der Waals surface area contributed by atoms with Crippen LogP contribution in [0.3, 0.4) is 0 Å². The second-order valence-electron chi connectivity index (χ2n) is 5.14. The van der Waals surface area contributed by atoms with Gasteiger partial charge in [-0.1, -0.05) is 0 Å². The van der Waals surface area contributed by atoms with E-state index in [1.807, 2.05) is 12.1 Å². The highest BCUT2D eigenvalue weighted by atomic mass is 16.4. The lowest BCUT2D eigenvalue weighted by Gasteiger charge is -2.00. The molecule has 7 nitrogen and oxygen atoms in total. The fourth-order valence-corrected chi connectivity index (χ4v) is 2.59. The van der Waals surface area contributed by atoms with Gasteiger partial charge in [-0.2, -0.15) is 5.26 Å². The summed E-state index contributed by atoms with van der Waals surface area (Å²) in [6.45, 7) is 0.436. The average molecular weight is 305 g/mol. The number of benzene rings is 1. The molecular weight excluding hydrogens is 294 g/mol. The Kier molecular flexibility index (Phi) is 2.95. The first-order valence-corrected chi connectivity index (χ1v) is 7.07. The Morgan fingerprint density at radius 3 is 3.09 bits per heavy atom. The molecule has 0 spiro atoms. The second-order valence-corrected chi connectivity index (χ2v) is 5.14. The van der Waals surface area contributed by atoms with Gasteiger partial charge in [-0.05, 0) is 18.2 Å². The zero-order valence-electron chi connectivity index (χ0n) is 12.0. The number of rotatable bonds is 3. The summed E-state index contributed by atoms with van der Waals surface area (Å²) in [5, 5.41) is 8.90. The summed E-state index contributed by atoms with van der Waals surface area (Å²) in [5.41, 5.74) is 3.27. The first kappa shape index (κ1) is 13.3. The van der Waals surface area contributed by atoms with E-state index in [4.69, 9.17) is 9.68 Å². The molecule has 4 rings (SSSR count). The summed E-state index contributed by atoms with van der Waals surface area (Å²) in [6, 6.07) is 8.82. The maximum absolute atomic E-state index is 12.0. The zero-order chi connectivity index (χ0) is 15.8. The molecule has 0 fully saturated rings. The van der Waals surface area contributed by atoms with Crippen molar-refractivity contribution in [1.29, 1.82) is 5.26 Å². The smallest absolute Gasteiger partial charge is 0.408 e. The van der Waals surface area contributed by atoms with Crippen LogP contribution in [-0.4, -0.2) is 19.5 Å². The van der Waals surface area contributed by atoms with E-state index in [-0.39, 0.29) is 0 Å². The van der Waals surface area contributed by atoms with Crippen LogP contribution in [0.2, 0.25) is 0 Å². The van der Waals surface area contributed by atoms with Crippen molar-refractivity contribution >= 4 is 22.1 Å². The Morgan fingerprint density at radius 2 is 2.26 bits per heavy atom. The Bertz CT molecular complexity index is 1080. The molecule has 0 unspecified atom stereocenters. The molecule has 0 aliphatic carbocycles. The first-order valence-electron chi connectivity index (χ1n) is 7.07. The third kappa shape index (κ3) is 2.26. The number of H-pyrrole nitrogens is 1. The monoisotopic (exact) mass is 305 g/mol. The lowest BCUT2D eigenvalue weighted by Crippen LogP contribution is -2.15. The summed E-state index contributed by atoms with van der Waals surface area (Å²) >= 11 is 0. The highest BCUT2D eigenvalue weighted by Crippen LogP contribution is 2.16. The number of aryl methyl sites for hydroxylation is 2. The van der Waals surface area contributed by atoms with E-state index in [1.54, 1.807) is 35.2 Å². The van der Waals surface area contributed by atoms with Crippen LogP contribution in [0.5, 0.6) is 0 Å². The third-order valence-corrected chi connectivity index (χ3v) is 3.70. The summed E-state index contributed by atoms with van der Waals surface area (Å²) < 4.78 is 6.75. The third-order valence-electron chi connectivity index (χ3n) is 3.70. The standard InChI is InChI=1S/C16H11N5O2/c17-8-10-1-2-13-14(7-10)23-16(22)21(13)6-4-15-19-11-3-5-18-9-12(11)20-15/h1-3,5,7,9H,4,6H2,(H,19,20). The Morgan fingerprint density at radius 1 is 1.35 bits per heavy atom. The Balaban J connectivity index is 1.66. The molecule has 0 aliphatic heterocycles. The van der Waals surface area contributed by atoms with Gasteiger partial charge in [0.1, 0.15) is 5.82 Å². The molecule has 23 heavy (non-hydrogen) atoms. The predicted octanol–water partition coefficient (Wildman–Crippen LogP) is 1.98. The molecule has 0 aliphatic rings. The summed E-state index contributed by atoms with van der Waals surface area (Å²) in [6.07, 6.45) is 3.96. The van der Waals surface area contributed by atoms with Crippen molar-refractivity contribution in [2.24, 2.45) is 0 Å². The number of aromatic nitrogens is 4. The van der Waals surface area contributed by atoms with Gasteiger partial charge in [0.15, 0.2) is 5.58 Å². The van der Waals surface area contributed by atoms with E-state index in [9.17, 15) is 4.79 Å². The lowest BCUT2D eigenvalue weighted by atomic mass is 10.2. The summed E-state index contributed by atoms with van der Waals surface area (Å²) in [5.74, 6) is 0.343. The van der Waals surface area contributed by atoms with E-state index in [1.165, 1.54) is 0 Å². The van der Waals surface area contributed by atoms with Gasteiger partial charge in [0.25, 0.3) is 0 Å². The van der Waals surface area contributed by atoms with Crippen LogP contribution in [0.1, 0.15) is 11.4 Å². The van der Waals surface area contributed by atoms with Crippen LogP contribution in [0.15, 0.2) is 45.9 Å². The van der Waals surface area contributed by atoms with Crippen molar-refractivity contribution in [2.45, 2.75) is 13.0 Å². The van der Waals surface area contributed by atoms with Crippen molar-refractivity contribution in [3.8, 4) is 6.07 Å². The van der Waals surface area contributed by atoms with Crippen LogP contribution >= 0.6 is 0 Å². The molecule has 3 aromatic heterocycles. The topological polar surface area (TPSA) is 100 Å². The fourth-order valence-electron chi connectivity index (χ4n) is 2.59. The molecule has 0 saturated heterocycles. The molecule has 3 heterocycles. The number of oxazole rings is 1. The maximum Gasteiger partial charge on any atom is 0.419 e. The number of pyridine rings is 1. The number of nitriles is 1. The first-order chi connectivity index (χ1) is 11.2. The minimum Gasteiger partial charge on any atom is -0.408 e. The van der Waals surface area contributed by atoms with E-state index < -0.39 is 5.76 Å². The summed E-state index contributed by atoms with van der Waals surface area (Å²) in [7, 11) is 0. The number of nitrogens with one attached hydrogen (secondary N) is 1. The molecule has 0 radical (unpaired) electrons. The minimum absolute atomic E-state index is 0.419. The largest absolute Gasteiger partial charge is 0.419 e. The van der Waals surface area contributed by atoms with Gasteiger partial charge in [0.2, 0.25) is 0 Å².